The lowest BCUT2D eigenvalue weighted by atomic mass is 9.50. The SMILES string of the molecule is COc1ccc2c3c1O[C@H]1C(OC(=O)[C@@H](O)CC(=O)O[C@@H](C)C(=O)N[C@@H](CC(C)C)C(=O)O)=CC[C@@]4(O)[C@@H](C2)N(C)CC[C@]314. The Hall–Kier alpha value is -3.68. The Morgan fingerprint density at radius 3 is 2.59 bits per heavy atom. The van der Waals surface area contributed by atoms with Gasteiger partial charge in [0.1, 0.15) is 11.8 Å². The molecule has 1 amide bonds. The number of aliphatic hydroxyl groups is 2. The fraction of sp³-hybridized carbons (Fsp3) is 0.613. The molecule has 13 heteroatoms. The van der Waals surface area contributed by atoms with Crippen molar-refractivity contribution in [2.75, 3.05) is 20.7 Å². The van der Waals surface area contributed by atoms with Crippen LogP contribution in [0.4, 0.5) is 0 Å². The molecule has 1 saturated heterocycles. The first-order valence-electron chi connectivity index (χ1n) is 14.9. The molecule has 7 atom stereocenters. The number of carboxylic acids is 1. The molecule has 1 spiro atoms. The van der Waals surface area contributed by atoms with Crippen LogP contribution >= 0.6 is 0 Å². The molecule has 2 heterocycles. The lowest BCUT2D eigenvalue weighted by molar-refractivity contribution is -0.173. The minimum Gasteiger partial charge on any atom is -0.493 e. The van der Waals surface area contributed by atoms with Gasteiger partial charge in [0, 0.05) is 18.0 Å². The second-order valence-corrected chi connectivity index (χ2v) is 12.6. The maximum atomic E-state index is 13.0. The zero-order valence-corrected chi connectivity index (χ0v) is 25.5. The standard InChI is InChI=1S/C31H40N2O11/c1-15(2)12-18(28(37)38)32-27(36)16(3)42-23(35)14-19(34)29(39)43-21-8-9-31(40)22-13-17-6-7-20(41-5)25-24(17)30(31,26(21)44-25)10-11-33(22)4/h6-8,15-16,18-19,22,26,34,40H,9-14H2,1-5H3,(H,32,36)(H,37,38)/t16-,18-,19-,22+,26-,30-,31+/m0/s1. The van der Waals surface area contributed by atoms with Crippen LogP contribution < -0.4 is 14.8 Å². The molecular formula is C31H40N2O11. The average molecular weight is 617 g/mol. The van der Waals surface area contributed by atoms with Gasteiger partial charge < -0.3 is 44.5 Å². The monoisotopic (exact) mass is 616 g/mol. The Labute approximate surface area is 255 Å². The highest BCUT2D eigenvalue weighted by Gasteiger charge is 2.72. The van der Waals surface area contributed by atoms with E-state index in [4.69, 9.17) is 18.9 Å². The van der Waals surface area contributed by atoms with Crippen molar-refractivity contribution < 1.29 is 53.4 Å². The summed E-state index contributed by atoms with van der Waals surface area (Å²) in [5.41, 5.74) is -0.247. The van der Waals surface area contributed by atoms with Gasteiger partial charge in [-0.3, -0.25) is 9.59 Å². The average Bonchev–Trinajstić information content (AvgIpc) is 3.31. The Morgan fingerprint density at radius 2 is 1.93 bits per heavy atom. The number of nitrogens with one attached hydrogen (secondary N) is 1. The number of benzene rings is 1. The second-order valence-electron chi connectivity index (χ2n) is 12.6. The van der Waals surface area contributed by atoms with Crippen LogP contribution in [0.15, 0.2) is 24.0 Å². The van der Waals surface area contributed by atoms with Crippen LogP contribution in [0.2, 0.25) is 0 Å². The summed E-state index contributed by atoms with van der Waals surface area (Å²) in [7, 11) is 3.51. The molecule has 0 unspecified atom stereocenters. The van der Waals surface area contributed by atoms with Gasteiger partial charge in [-0.05, 0) is 63.4 Å². The number of likely N-dealkylation sites (N-methyl/N-ethyl adjacent to an activating group) is 1. The molecule has 1 fully saturated rings. The largest absolute Gasteiger partial charge is 0.493 e. The quantitative estimate of drug-likeness (QED) is 0.257. The highest BCUT2D eigenvalue weighted by atomic mass is 16.6. The highest BCUT2D eigenvalue weighted by molar-refractivity contribution is 5.88. The number of hydrogen-bond donors (Lipinski definition) is 4. The molecule has 2 aliphatic heterocycles. The number of piperidine rings is 1. The molecule has 240 valence electrons. The molecule has 4 N–H and O–H groups in total. The lowest BCUT2D eigenvalue weighted by Crippen LogP contribution is -2.74. The van der Waals surface area contributed by atoms with Gasteiger partial charge in [-0.15, -0.1) is 0 Å². The van der Waals surface area contributed by atoms with E-state index in [1.807, 2.05) is 19.2 Å². The third-order valence-electron chi connectivity index (χ3n) is 9.41. The van der Waals surface area contributed by atoms with Crippen molar-refractivity contribution in [3.05, 3.63) is 35.1 Å². The van der Waals surface area contributed by atoms with E-state index in [1.54, 1.807) is 19.9 Å². The smallest absolute Gasteiger partial charge is 0.340 e. The number of ether oxygens (including phenoxy) is 4. The van der Waals surface area contributed by atoms with Crippen molar-refractivity contribution in [3.8, 4) is 11.5 Å². The van der Waals surface area contributed by atoms with Crippen molar-refractivity contribution >= 4 is 23.8 Å². The van der Waals surface area contributed by atoms with Gasteiger partial charge in [0.05, 0.1) is 24.5 Å². The maximum absolute atomic E-state index is 13.0. The van der Waals surface area contributed by atoms with Crippen LogP contribution in [0.25, 0.3) is 0 Å². The number of likely N-dealkylation sites (tertiary alicyclic amines) is 1. The van der Waals surface area contributed by atoms with E-state index in [0.717, 1.165) is 11.1 Å². The Bertz CT molecular complexity index is 1390. The predicted octanol–water partition coefficient (Wildman–Crippen LogP) is 0.814. The topological polar surface area (TPSA) is 181 Å². The van der Waals surface area contributed by atoms with Gasteiger partial charge >= 0.3 is 17.9 Å². The summed E-state index contributed by atoms with van der Waals surface area (Å²) in [6.45, 7) is 5.55. The summed E-state index contributed by atoms with van der Waals surface area (Å²) >= 11 is 0. The number of nitrogens with zero attached hydrogens (tertiary/aromatic N) is 1. The van der Waals surface area contributed by atoms with E-state index in [-0.39, 0.29) is 30.6 Å². The molecule has 1 aromatic rings. The fourth-order valence-corrected chi connectivity index (χ4v) is 7.29. The summed E-state index contributed by atoms with van der Waals surface area (Å²) in [5.74, 6) is -3.10. The summed E-state index contributed by atoms with van der Waals surface area (Å²) in [6, 6.07) is 2.44. The van der Waals surface area contributed by atoms with E-state index in [1.165, 1.54) is 14.0 Å². The zero-order valence-electron chi connectivity index (χ0n) is 25.5. The predicted molar refractivity (Wildman–Crippen MR) is 153 cm³/mol. The van der Waals surface area contributed by atoms with Crippen molar-refractivity contribution in [1.82, 2.24) is 10.2 Å². The number of aliphatic carboxylic acids is 1. The molecule has 44 heavy (non-hydrogen) atoms. The van der Waals surface area contributed by atoms with Crippen LogP contribution in [0.3, 0.4) is 0 Å². The molecule has 0 radical (unpaired) electrons. The van der Waals surface area contributed by atoms with Crippen LogP contribution in [0.5, 0.6) is 11.5 Å². The molecule has 4 aliphatic rings. The Balaban J connectivity index is 1.27. The van der Waals surface area contributed by atoms with Crippen molar-refractivity contribution in [2.24, 2.45) is 5.92 Å². The molecule has 0 aromatic heterocycles. The van der Waals surface area contributed by atoms with Gasteiger partial charge in [0.15, 0.2) is 29.8 Å². The van der Waals surface area contributed by atoms with Crippen molar-refractivity contribution in [1.29, 1.82) is 0 Å². The normalized spacial score (nSPS) is 28.5. The van der Waals surface area contributed by atoms with E-state index in [0.29, 0.717) is 30.9 Å². The van der Waals surface area contributed by atoms with Crippen molar-refractivity contribution in [3.63, 3.8) is 0 Å². The first-order chi connectivity index (χ1) is 20.7. The molecular weight excluding hydrogens is 576 g/mol. The van der Waals surface area contributed by atoms with E-state index >= 15 is 0 Å². The van der Waals surface area contributed by atoms with E-state index < -0.39 is 65.6 Å². The number of rotatable bonds is 11. The third kappa shape index (κ3) is 5.10. The van der Waals surface area contributed by atoms with Gasteiger partial charge in [-0.1, -0.05) is 19.9 Å². The number of amides is 1. The summed E-state index contributed by atoms with van der Waals surface area (Å²) in [5, 5.41) is 34.5. The van der Waals surface area contributed by atoms with Gasteiger partial charge in [-0.25, -0.2) is 9.59 Å². The fourth-order valence-electron chi connectivity index (χ4n) is 7.29. The molecule has 5 rings (SSSR count). The molecule has 1 aromatic carbocycles. The van der Waals surface area contributed by atoms with Crippen LogP contribution in [0.1, 0.15) is 57.6 Å². The Morgan fingerprint density at radius 1 is 1.20 bits per heavy atom. The first kappa shape index (κ1) is 31.7. The zero-order chi connectivity index (χ0) is 32.1. The molecule has 13 nitrogen and oxygen atoms in total. The lowest BCUT2D eigenvalue weighted by Gasteiger charge is -2.61. The number of carbonyl (C=O) groups is 4. The van der Waals surface area contributed by atoms with E-state index in [9.17, 15) is 34.5 Å². The number of carbonyl (C=O) groups excluding carboxylic acids is 3. The van der Waals surface area contributed by atoms with Gasteiger partial charge in [-0.2, -0.15) is 0 Å². The minimum absolute atomic E-state index is 0.00466. The number of aliphatic hydroxyl groups excluding tert-OH is 1. The maximum Gasteiger partial charge on any atom is 0.340 e. The Kier molecular flexibility index (Phi) is 8.42. The summed E-state index contributed by atoms with van der Waals surface area (Å²) in [4.78, 5) is 51.5. The summed E-state index contributed by atoms with van der Waals surface area (Å²) in [6.07, 6.45) is -1.85. The van der Waals surface area contributed by atoms with Crippen molar-refractivity contribution in [2.45, 2.75) is 94.3 Å². The van der Waals surface area contributed by atoms with Crippen LogP contribution in [-0.2, 0) is 40.5 Å². The first-order valence-corrected chi connectivity index (χ1v) is 14.9. The van der Waals surface area contributed by atoms with Crippen LogP contribution in [-0.4, -0.2) is 101 Å². The molecule has 0 saturated carbocycles. The number of methoxy groups -OCH3 is 1. The van der Waals surface area contributed by atoms with Gasteiger partial charge in [0.2, 0.25) is 0 Å². The van der Waals surface area contributed by atoms with E-state index in [2.05, 4.69) is 10.2 Å². The second kappa shape index (κ2) is 11.7. The molecule has 2 aliphatic carbocycles. The number of carboxylic acid groups (broad SMARTS) is 1. The number of hydrogen-bond acceptors (Lipinski definition) is 11. The minimum atomic E-state index is -1.92. The van der Waals surface area contributed by atoms with Crippen LogP contribution in [0, 0.1) is 5.92 Å². The number of esters is 2. The molecule has 2 bridgehead atoms. The van der Waals surface area contributed by atoms with Gasteiger partial charge in [0.25, 0.3) is 5.91 Å². The third-order valence-corrected chi connectivity index (χ3v) is 9.41. The summed E-state index contributed by atoms with van der Waals surface area (Å²) < 4.78 is 22.7. The highest BCUT2D eigenvalue weighted by Crippen LogP contribution is 2.65.